The fraction of sp³-hybridized carbons (Fsp3) is 0.300. The molecule has 8 rings (SSSR count). The molecule has 1 saturated carbocycles. The van der Waals surface area contributed by atoms with Crippen LogP contribution in [0.4, 0.5) is 0 Å². The monoisotopic (exact) mass is 700 g/mol. The minimum atomic E-state index is -3.04. The average molecular weight is 699 g/mol. The second-order valence-electron chi connectivity index (χ2n) is 13.8. The van der Waals surface area contributed by atoms with Crippen LogP contribution in [0.3, 0.4) is 0 Å². The number of hydrogen-bond acceptors (Lipinski definition) is 0. The van der Waals surface area contributed by atoms with Gasteiger partial charge in [0.2, 0.25) is 0 Å². The summed E-state index contributed by atoms with van der Waals surface area (Å²) in [6.45, 7) is 4.54. The van der Waals surface area contributed by atoms with Gasteiger partial charge < -0.3 is 0 Å². The second kappa shape index (κ2) is 9.37. The maximum absolute atomic E-state index is 3.04. The van der Waals surface area contributed by atoms with E-state index < -0.39 is 20.0 Å². The van der Waals surface area contributed by atoms with Crippen molar-refractivity contribution in [3.63, 3.8) is 0 Å². The first-order chi connectivity index (χ1) is 19.9. The van der Waals surface area contributed by atoms with E-state index in [4.69, 9.17) is 0 Å². The number of aryl methyl sites for hydroxylation is 2. The standard InChI is InChI=1S/C38H34.2CH3.Hf/c1-26-12-4-6-16-32(26)34-18-10-14-28-22-30(24-36(28)34)38(20-8-3-9-21-38)31-23-29-15-11-19-35(37(29)25-31)33-17-7-5-13-27(33)2;;;/h4-7,10-19,22-25H,3,8-9,20-21H2,1-2H3;2*1H3;. The van der Waals surface area contributed by atoms with E-state index in [-0.39, 0.29) is 5.41 Å². The Labute approximate surface area is 250 Å². The topological polar surface area (TPSA) is 0 Å². The molecule has 1 heterocycles. The Hall–Kier alpha value is -2.77. The number of rotatable bonds is 2. The van der Waals surface area contributed by atoms with E-state index >= 15 is 0 Å². The van der Waals surface area contributed by atoms with Gasteiger partial charge in [0.25, 0.3) is 0 Å². The summed E-state index contributed by atoms with van der Waals surface area (Å²) >= 11 is -3.04. The predicted molar refractivity (Wildman–Crippen MR) is 172 cm³/mol. The van der Waals surface area contributed by atoms with Crippen molar-refractivity contribution in [1.82, 2.24) is 0 Å². The normalized spacial score (nSPS) is 22.8. The first-order valence-electron chi connectivity index (χ1n) is 15.7. The Morgan fingerprint density at radius 2 is 0.976 bits per heavy atom. The molecule has 0 aromatic heterocycles. The van der Waals surface area contributed by atoms with Gasteiger partial charge in [-0.05, 0) is 0 Å². The van der Waals surface area contributed by atoms with Crippen LogP contribution < -0.4 is 0 Å². The molecule has 1 saturated heterocycles. The summed E-state index contributed by atoms with van der Waals surface area (Å²) in [4.78, 5) is 0. The van der Waals surface area contributed by atoms with Gasteiger partial charge in [-0.15, -0.1) is 0 Å². The predicted octanol–water partition coefficient (Wildman–Crippen LogP) is 11.4. The van der Waals surface area contributed by atoms with Crippen LogP contribution >= 0.6 is 0 Å². The van der Waals surface area contributed by atoms with Gasteiger partial charge in [0, 0.05) is 0 Å². The average Bonchev–Trinajstić information content (AvgIpc) is 3.59. The van der Waals surface area contributed by atoms with Crippen molar-refractivity contribution < 1.29 is 20.0 Å². The van der Waals surface area contributed by atoms with Gasteiger partial charge in [-0.2, -0.15) is 0 Å². The molecule has 1 heteroatoms. The molecule has 0 bridgehead atoms. The van der Waals surface area contributed by atoms with E-state index in [0.29, 0.717) is 7.35 Å². The summed E-state index contributed by atoms with van der Waals surface area (Å²) in [7, 11) is 0. The fourth-order valence-electron chi connectivity index (χ4n) is 9.52. The van der Waals surface area contributed by atoms with Gasteiger partial charge in [-0.25, -0.2) is 0 Å². The summed E-state index contributed by atoms with van der Waals surface area (Å²) in [6, 6.07) is 32.5. The molecule has 0 nitrogen and oxygen atoms in total. The van der Waals surface area contributed by atoms with Crippen molar-refractivity contribution >= 4 is 12.2 Å². The van der Waals surface area contributed by atoms with Crippen molar-refractivity contribution in [2.75, 3.05) is 0 Å². The third kappa shape index (κ3) is 3.60. The molecule has 1 aliphatic heterocycles. The molecule has 0 radical (unpaired) electrons. The Bertz CT molecular complexity index is 1650. The Kier molecular flexibility index (Phi) is 5.92. The van der Waals surface area contributed by atoms with Crippen LogP contribution in [0, 0.1) is 19.3 Å². The Morgan fingerprint density at radius 1 is 0.537 bits per heavy atom. The third-order valence-corrected chi connectivity index (χ3v) is 26.5. The quantitative estimate of drug-likeness (QED) is 0.183. The minimum absolute atomic E-state index is 0.215. The van der Waals surface area contributed by atoms with Gasteiger partial charge in [0.1, 0.15) is 0 Å². The zero-order valence-corrected chi connectivity index (χ0v) is 28.5. The molecule has 0 amide bonds. The molecule has 2 fully saturated rings. The van der Waals surface area contributed by atoms with Crippen LogP contribution in [0.15, 0.2) is 96.1 Å². The maximum atomic E-state index is 2.80. The molecule has 4 aromatic rings. The summed E-state index contributed by atoms with van der Waals surface area (Å²) in [5.74, 6) is 0. The summed E-state index contributed by atoms with van der Waals surface area (Å²) in [5.41, 5.74) is 18.7. The molecule has 2 atom stereocenters. The molecular weight excluding hydrogens is 659 g/mol. The van der Waals surface area contributed by atoms with E-state index in [1.807, 2.05) is 11.1 Å². The van der Waals surface area contributed by atoms with Gasteiger partial charge in [-0.3, -0.25) is 0 Å². The van der Waals surface area contributed by atoms with Crippen LogP contribution in [0.1, 0.15) is 72.8 Å². The van der Waals surface area contributed by atoms with Crippen LogP contribution in [0.2, 0.25) is 9.36 Å². The first kappa shape index (κ1) is 25.9. The van der Waals surface area contributed by atoms with Crippen LogP contribution in [-0.2, 0) is 20.0 Å². The summed E-state index contributed by atoms with van der Waals surface area (Å²) < 4.78 is 6.92. The third-order valence-electron chi connectivity index (χ3n) is 11.3. The van der Waals surface area contributed by atoms with Gasteiger partial charge in [-0.1, -0.05) is 0 Å². The van der Waals surface area contributed by atoms with E-state index in [1.54, 1.807) is 11.1 Å². The number of benzene rings is 4. The molecule has 4 aliphatic rings. The van der Waals surface area contributed by atoms with E-state index in [0.717, 1.165) is 0 Å². The fourth-order valence-corrected chi connectivity index (χ4v) is 26.6. The molecule has 204 valence electrons. The first-order valence-corrected chi connectivity index (χ1v) is 27.1. The molecule has 4 aromatic carbocycles. The van der Waals surface area contributed by atoms with Crippen molar-refractivity contribution in [2.24, 2.45) is 5.41 Å². The molecule has 3 aliphatic carbocycles. The summed E-state index contributed by atoms with van der Waals surface area (Å²) in [6.07, 6.45) is 12.2. The number of allylic oxidation sites excluding steroid dienone is 2. The van der Waals surface area contributed by atoms with Crippen molar-refractivity contribution in [2.45, 2.75) is 62.7 Å². The van der Waals surface area contributed by atoms with E-state index in [2.05, 4.69) is 120 Å². The van der Waals surface area contributed by atoms with Crippen molar-refractivity contribution in [3.05, 3.63) is 129 Å². The molecule has 1 spiro atoms. The SMILES string of the molecule is Cc1ccccc1-c1cccc2c1C=C1[CH]2[Hf]([CH3])([CH3])[CH]2C(=Cc3c(-c4ccccc4C)cccc32)C12CCCCC2. The molecular formula is C40H40Hf. The van der Waals surface area contributed by atoms with Gasteiger partial charge in [0.05, 0.1) is 0 Å². The molecule has 0 N–H and O–H groups in total. The van der Waals surface area contributed by atoms with Crippen molar-refractivity contribution in [3.8, 4) is 22.3 Å². The van der Waals surface area contributed by atoms with Gasteiger partial charge in [0.15, 0.2) is 0 Å². The number of fused-ring (bicyclic) bond motifs is 8. The summed E-state index contributed by atoms with van der Waals surface area (Å²) in [5, 5.41) is 0. The zero-order chi connectivity index (χ0) is 27.9. The number of hydrogen-bond donors (Lipinski definition) is 0. The van der Waals surface area contributed by atoms with Crippen LogP contribution in [0.25, 0.3) is 34.4 Å². The zero-order valence-electron chi connectivity index (χ0n) is 24.9. The molecule has 2 unspecified atom stereocenters. The molecule has 41 heavy (non-hydrogen) atoms. The van der Waals surface area contributed by atoms with E-state index in [9.17, 15) is 0 Å². The van der Waals surface area contributed by atoms with Crippen molar-refractivity contribution in [1.29, 1.82) is 0 Å². The Morgan fingerprint density at radius 3 is 1.44 bits per heavy atom. The van der Waals surface area contributed by atoms with Crippen LogP contribution in [-0.4, -0.2) is 0 Å². The van der Waals surface area contributed by atoms with Gasteiger partial charge >= 0.3 is 252 Å². The Balaban J connectivity index is 1.38. The van der Waals surface area contributed by atoms with E-state index in [1.165, 1.54) is 76.6 Å². The van der Waals surface area contributed by atoms with Crippen LogP contribution in [0.5, 0.6) is 0 Å². The second-order valence-corrected chi connectivity index (χ2v) is 31.0.